The Morgan fingerprint density at radius 3 is 2.52 bits per heavy atom. The number of nitrogens with two attached hydrogens (primary N) is 1. The van der Waals surface area contributed by atoms with E-state index in [2.05, 4.69) is 36.1 Å². The molecule has 0 radical (unpaired) electrons. The average molecular weight is 679 g/mol. The summed E-state index contributed by atoms with van der Waals surface area (Å²) in [6, 6.07) is 2.16. The van der Waals surface area contributed by atoms with E-state index in [1.807, 2.05) is 7.05 Å². The molecule has 3 aliphatic rings. The van der Waals surface area contributed by atoms with E-state index in [1.54, 1.807) is 12.1 Å². The molecule has 2 aromatic heterocycles. The van der Waals surface area contributed by atoms with E-state index in [0.29, 0.717) is 35.6 Å². The third-order valence-corrected chi connectivity index (χ3v) is 9.69. The zero-order valence-electron chi connectivity index (χ0n) is 25.1. The van der Waals surface area contributed by atoms with E-state index in [0.717, 1.165) is 28.0 Å². The fraction of sp³-hybridized carbons (Fsp3) is 0.385. The van der Waals surface area contributed by atoms with Gasteiger partial charge < -0.3 is 45.6 Å². The molecular weight excluding hydrogens is 651 g/mol. The molecule has 5 heterocycles. The number of likely N-dealkylation sites (N-methyl/N-ethyl adjacent to an activating group) is 1. The molecule has 1 fully saturated rings. The summed E-state index contributed by atoms with van der Waals surface area (Å²) >= 11 is 2.48. The van der Waals surface area contributed by atoms with Crippen molar-refractivity contribution in [3.63, 3.8) is 0 Å². The van der Waals surface area contributed by atoms with Crippen LogP contribution in [-0.4, -0.2) is 100.0 Å². The number of nitrogens with zero attached hydrogens (tertiary/aromatic N) is 8. The maximum atomic E-state index is 13.6. The van der Waals surface area contributed by atoms with Crippen molar-refractivity contribution in [3.05, 3.63) is 45.7 Å². The minimum absolute atomic E-state index is 0. The number of aromatic nitrogens is 5. The molecule has 3 aliphatic heterocycles. The van der Waals surface area contributed by atoms with E-state index in [1.165, 1.54) is 35.9 Å². The first-order chi connectivity index (χ1) is 21.3. The normalized spacial score (nSPS) is 20.4. The molecule has 6 rings (SSSR count). The van der Waals surface area contributed by atoms with Gasteiger partial charge in [-0.15, -0.1) is 23.1 Å². The fourth-order valence-electron chi connectivity index (χ4n) is 5.47. The zero-order valence-corrected chi connectivity index (χ0v) is 28.8. The summed E-state index contributed by atoms with van der Waals surface area (Å²) in [7, 11) is 2.04. The van der Waals surface area contributed by atoms with Crippen molar-refractivity contribution >= 4 is 57.4 Å². The number of anilines is 1. The van der Waals surface area contributed by atoms with Crippen LogP contribution in [0.3, 0.4) is 0 Å². The van der Waals surface area contributed by atoms with Gasteiger partial charge in [-0.25, -0.2) is 4.98 Å². The molecule has 1 saturated heterocycles. The number of hydrogen-bond acceptors (Lipinski definition) is 15. The Hall–Kier alpha value is -3.75. The summed E-state index contributed by atoms with van der Waals surface area (Å²) in [5.41, 5.74) is 6.71. The van der Waals surface area contributed by atoms with Crippen molar-refractivity contribution in [1.29, 1.82) is 0 Å². The number of amides is 2. The summed E-state index contributed by atoms with van der Waals surface area (Å²) in [6.45, 7) is 4.08. The number of nitrogens with one attached hydrogen (secondary N) is 1. The number of aromatic hydroxyl groups is 2. The number of carboxylic acid groups (broad SMARTS) is 1. The first kappa shape index (κ1) is 33.6. The summed E-state index contributed by atoms with van der Waals surface area (Å²) in [6.07, 6.45) is 0. The Labute approximate surface area is 291 Å². The summed E-state index contributed by atoms with van der Waals surface area (Å²) in [5, 5.41) is 54.2. The van der Waals surface area contributed by atoms with E-state index in [9.17, 15) is 29.7 Å². The number of carbonyl (C=O) groups is 3. The van der Waals surface area contributed by atoms with Crippen LogP contribution in [-0.2, 0) is 32.3 Å². The SMILES string of the molecule is CC(C)(O/N=C(\C(=O)N[C@@H]1C(=O)N2C(c3nnn[n-]3)=C(C[N+]3(C)Cc4cc(O)c(O)cc4C3)CS[C@H]12)c1csc(N)n1)C(=O)[O-].[Na+]. The number of thioether (sulfide) groups is 1. The number of tetrazole rings is 1. The molecule has 0 spiro atoms. The van der Waals surface area contributed by atoms with Crippen molar-refractivity contribution < 1.29 is 68.6 Å². The van der Waals surface area contributed by atoms with Crippen LogP contribution in [0.1, 0.15) is 36.5 Å². The van der Waals surface area contributed by atoms with E-state index >= 15 is 0 Å². The quantitative estimate of drug-likeness (QED) is 0.0417. The van der Waals surface area contributed by atoms with Gasteiger partial charge in [0.1, 0.15) is 36.7 Å². The number of β-lactam (4-membered cyclic amide) rings is 1. The number of carbonyl (C=O) groups excluding carboxylic acids is 3. The maximum Gasteiger partial charge on any atom is 1.00 e. The molecule has 5 N–H and O–H groups in total. The number of phenols is 2. The molecule has 3 aromatic rings. The Kier molecular flexibility index (Phi) is 9.10. The minimum atomic E-state index is -1.86. The van der Waals surface area contributed by atoms with Gasteiger partial charge in [0.15, 0.2) is 27.9 Å². The Balaban J connectivity index is 0.00000417. The van der Waals surface area contributed by atoms with Crippen LogP contribution >= 0.6 is 23.1 Å². The van der Waals surface area contributed by atoms with Crippen LogP contribution in [0.15, 0.2) is 28.2 Å². The molecule has 0 bridgehead atoms. The number of fused-ring (bicyclic) bond motifs is 2. The summed E-state index contributed by atoms with van der Waals surface area (Å²) < 4.78 is 0.505. The number of oxime groups is 1. The van der Waals surface area contributed by atoms with Gasteiger partial charge in [0.2, 0.25) is 0 Å². The van der Waals surface area contributed by atoms with Gasteiger partial charge >= 0.3 is 29.6 Å². The molecule has 46 heavy (non-hydrogen) atoms. The standard InChI is InChI=1S/C26H28N10O7S2.Na/c1-26(2,24(41)42)43-32-17(14-10-45-25(27)28-14)21(39)29-18-22(40)35-19(20-30-33-34-31-20)13(9-44-23(18)35)8-36(3)6-11-4-15(37)16(38)5-12(11)7-36;/h4-5,10,18,23H,6-9H2,1-3H3,(H6-,27,28,29,30,31,32,33,34,37,38,39,41,42);/q;+1/p-1/t18-,23-;/m1./s1. The Bertz CT molecular complexity index is 1750. The van der Waals surface area contributed by atoms with Crippen molar-refractivity contribution in [2.45, 2.75) is 44.0 Å². The summed E-state index contributed by atoms with van der Waals surface area (Å²) in [4.78, 5) is 49.2. The van der Waals surface area contributed by atoms with Gasteiger partial charge in [-0.2, -0.15) is 5.21 Å². The van der Waals surface area contributed by atoms with E-state index in [-0.39, 0.29) is 63.4 Å². The fourth-order valence-corrected chi connectivity index (χ4v) is 7.36. The third-order valence-electron chi connectivity index (χ3n) is 7.67. The third kappa shape index (κ3) is 6.17. The maximum absolute atomic E-state index is 13.6. The molecule has 2 amide bonds. The second-order valence-electron chi connectivity index (χ2n) is 11.6. The molecular formula is C26H27N10NaO7S2. The number of rotatable bonds is 9. The number of hydrogen-bond donors (Lipinski definition) is 4. The Morgan fingerprint density at radius 1 is 1.28 bits per heavy atom. The van der Waals surface area contributed by atoms with E-state index < -0.39 is 34.8 Å². The van der Waals surface area contributed by atoms with Crippen LogP contribution < -0.4 is 50.8 Å². The van der Waals surface area contributed by atoms with Crippen LogP contribution in [0.25, 0.3) is 5.70 Å². The minimum Gasteiger partial charge on any atom is -0.546 e. The van der Waals surface area contributed by atoms with Gasteiger partial charge in [0, 0.05) is 27.8 Å². The number of aliphatic carboxylic acids is 1. The summed E-state index contributed by atoms with van der Waals surface area (Å²) in [5.74, 6) is -2.53. The number of carboxylic acids is 1. The predicted octanol–water partition coefficient (Wildman–Crippen LogP) is -4.50. The number of quaternary nitrogens is 1. The van der Waals surface area contributed by atoms with Gasteiger partial charge in [-0.05, 0) is 26.0 Å². The monoisotopic (exact) mass is 678 g/mol. The molecule has 0 saturated carbocycles. The second kappa shape index (κ2) is 12.5. The van der Waals surface area contributed by atoms with Gasteiger partial charge in [-0.3, -0.25) is 24.8 Å². The number of benzene rings is 1. The van der Waals surface area contributed by atoms with Crippen molar-refractivity contribution in [1.82, 2.24) is 35.8 Å². The first-order valence-electron chi connectivity index (χ1n) is 13.5. The number of thiazole rings is 1. The molecule has 2 atom stereocenters. The van der Waals surface area contributed by atoms with Crippen LogP contribution in [0.5, 0.6) is 11.5 Å². The van der Waals surface area contributed by atoms with Crippen LogP contribution in [0.4, 0.5) is 5.13 Å². The van der Waals surface area contributed by atoms with Gasteiger partial charge in [0.05, 0.1) is 24.5 Å². The molecule has 0 aliphatic carbocycles. The molecule has 0 unspecified atom stereocenters. The van der Waals surface area contributed by atoms with Crippen molar-refractivity contribution in [3.8, 4) is 11.5 Å². The topological polar surface area (TPSA) is 243 Å². The van der Waals surface area contributed by atoms with Crippen LogP contribution in [0, 0.1) is 0 Å². The molecule has 20 heteroatoms. The zero-order chi connectivity index (χ0) is 32.3. The average Bonchev–Trinajstić information content (AvgIpc) is 3.72. The smallest absolute Gasteiger partial charge is 0.546 e. The molecule has 236 valence electrons. The largest absolute Gasteiger partial charge is 1.00 e. The molecule has 17 nitrogen and oxygen atoms in total. The van der Waals surface area contributed by atoms with E-state index in [4.69, 9.17) is 10.6 Å². The molecule has 1 aromatic carbocycles. The predicted molar refractivity (Wildman–Crippen MR) is 157 cm³/mol. The first-order valence-corrected chi connectivity index (χ1v) is 15.4. The number of phenolic OH excluding ortho intramolecular Hbond substituents is 2. The van der Waals surface area contributed by atoms with Gasteiger partial charge in [-0.1, -0.05) is 5.16 Å². The second-order valence-corrected chi connectivity index (χ2v) is 13.6. The van der Waals surface area contributed by atoms with Gasteiger partial charge in [0.25, 0.3) is 11.8 Å². The van der Waals surface area contributed by atoms with Crippen molar-refractivity contribution in [2.75, 3.05) is 25.1 Å². The van der Waals surface area contributed by atoms with Crippen LogP contribution in [0.2, 0.25) is 0 Å². The Morgan fingerprint density at radius 2 is 1.96 bits per heavy atom. The van der Waals surface area contributed by atoms with Crippen molar-refractivity contribution in [2.24, 2.45) is 5.16 Å². The number of nitrogen functional groups attached to an aromatic ring is 1.